The molecule has 3 heterocycles. The maximum atomic E-state index is 12.7. The Morgan fingerprint density at radius 2 is 1.88 bits per heavy atom. The van der Waals surface area contributed by atoms with Crippen LogP contribution in [0.15, 0.2) is 47.1 Å². The highest BCUT2D eigenvalue weighted by Gasteiger charge is 2.32. The van der Waals surface area contributed by atoms with Crippen LogP contribution in [0.4, 0.5) is 13.2 Å². The van der Waals surface area contributed by atoms with Crippen molar-refractivity contribution in [2.24, 2.45) is 0 Å². The van der Waals surface area contributed by atoms with Crippen molar-refractivity contribution in [3.63, 3.8) is 0 Å². The molecule has 0 aliphatic heterocycles. The first-order chi connectivity index (χ1) is 11.3. The fraction of sp³-hybridized carbons (Fsp3) is 0.125. The molecule has 0 bridgehead atoms. The van der Waals surface area contributed by atoms with Crippen LogP contribution < -0.4 is 0 Å². The van der Waals surface area contributed by atoms with E-state index in [9.17, 15) is 18.0 Å². The molecule has 0 radical (unpaired) electrons. The molecule has 0 spiro atoms. The van der Waals surface area contributed by atoms with E-state index in [0.717, 1.165) is 16.6 Å². The van der Waals surface area contributed by atoms with Gasteiger partial charge >= 0.3 is 6.18 Å². The zero-order valence-corrected chi connectivity index (χ0v) is 13.6. The normalized spacial score (nSPS) is 11.7. The molecule has 0 unspecified atom stereocenters. The molecule has 0 atom stereocenters. The fourth-order valence-corrected chi connectivity index (χ4v) is 2.44. The van der Waals surface area contributed by atoms with E-state index >= 15 is 0 Å². The van der Waals surface area contributed by atoms with Crippen LogP contribution in [0.25, 0.3) is 11.0 Å². The molecular weight excluding hydrogens is 387 g/mol. The van der Waals surface area contributed by atoms with Crippen LogP contribution in [-0.4, -0.2) is 20.7 Å². The van der Waals surface area contributed by atoms with E-state index in [2.05, 4.69) is 30.9 Å². The Labute approximate surface area is 142 Å². The molecular formula is C16H9BrF3N3O. The summed E-state index contributed by atoms with van der Waals surface area (Å²) in [5.74, 6) is -0.532. The van der Waals surface area contributed by atoms with Crippen LogP contribution >= 0.6 is 15.9 Å². The van der Waals surface area contributed by atoms with Crippen molar-refractivity contribution in [2.75, 3.05) is 0 Å². The van der Waals surface area contributed by atoms with E-state index in [-0.39, 0.29) is 12.1 Å². The highest BCUT2D eigenvalue weighted by molar-refractivity contribution is 9.10. The van der Waals surface area contributed by atoms with Crippen molar-refractivity contribution in [1.82, 2.24) is 15.0 Å². The number of Topliss-reactive ketones (excluding diaryl/α,β-unsaturated/α-hetero) is 1. The topological polar surface area (TPSA) is 55.7 Å². The lowest BCUT2D eigenvalue weighted by Crippen LogP contribution is -2.13. The van der Waals surface area contributed by atoms with Crippen LogP contribution in [0.2, 0.25) is 0 Å². The van der Waals surface area contributed by atoms with Gasteiger partial charge in [-0.1, -0.05) is 6.07 Å². The fourth-order valence-electron chi connectivity index (χ4n) is 2.13. The molecule has 0 aliphatic carbocycles. The SMILES string of the molecule is O=C(Cc1ccc2ncc(Br)cc2n1)c1cccc(C(F)(F)F)n1. The molecule has 0 aromatic carbocycles. The maximum Gasteiger partial charge on any atom is 0.433 e. The van der Waals surface area contributed by atoms with Gasteiger partial charge in [0.2, 0.25) is 0 Å². The molecule has 0 amide bonds. The van der Waals surface area contributed by atoms with Gasteiger partial charge in [0.15, 0.2) is 5.78 Å². The van der Waals surface area contributed by atoms with E-state index in [1.54, 1.807) is 24.4 Å². The van der Waals surface area contributed by atoms with Crippen molar-refractivity contribution < 1.29 is 18.0 Å². The second-order valence-electron chi connectivity index (χ2n) is 5.00. The smallest absolute Gasteiger partial charge is 0.292 e. The molecule has 3 rings (SSSR count). The predicted molar refractivity (Wildman–Crippen MR) is 84.5 cm³/mol. The van der Waals surface area contributed by atoms with Crippen LogP contribution in [0.5, 0.6) is 0 Å². The number of halogens is 4. The lowest BCUT2D eigenvalue weighted by Gasteiger charge is -2.07. The summed E-state index contributed by atoms with van der Waals surface area (Å²) in [5.41, 5.74) is 0.358. The van der Waals surface area contributed by atoms with Crippen molar-refractivity contribution in [3.8, 4) is 0 Å². The molecule has 122 valence electrons. The summed E-state index contributed by atoms with van der Waals surface area (Å²) in [4.78, 5) is 24.1. The molecule has 0 N–H and O–H groups in total. The minimum Gasteiger partial charge on any atom is -0.292 e. The van der Waals surface area contributed by atoms with Crippen LogP contribution in [0.3, 0.4) is 0 Å². The molecule has 4 nitrogen and oxygen atoms in total. The third-order valence-electron chi connectivity index (χ3n) is 3.23. The Balaban J connectivity index is 1.87. The quantitative estimate of drug-likeness (QED) is 0.622. The third-order valence-corrected chi connectivity index (χ3v) is 3.66. The first-order valence-electron chi connectivity index (χ1n) is 6.81. The molecule has 0 fully saturated rings. The zero-order valence-electron chi connectivity index (χ0n) is 12.0. The van der Waals surface area contributed by atoms with Gasteiger partial charge in [-0.2, -0.15) is 13.2 Å². The second-order valence-corrected chi connectivity index (χ2v) is 5.92. The third kappa shape index (κ3) is 3.59. The van der Waals surface area contributed by atoms with Gasteiger partial charge in [-0.25, -0.2) is 4.98 Å². The van der Waals surface area contributed by atoms with E-state index in [1.165, 1.54) is 6.07 Å². The summed E-state index contributed by atoms with van der Waals surface area (Å²) in [6.45, 7) is 0. The van der Waals surface area contributed by atoms with Gasteiger partial charge < -0.3 is 0 Å². The zero-order chi connectivity index (χ0) is 17.3. The maximum absolute atomic E-state index is 12.7. The lowest BCUT2D eigenvalue weighted by atomic mass is 10.1. The minimum atomic E-state index is -4.59. The van der Waals surface area contributed by atoms with E-state index < -0.39 is 17.7 Å². The molecule has 24 heavy (non-hydrogen) atoms. The second kappa shape index (κ2) is 6.27. The number of carbonyl (C=O) groups excluding carboxylic acids is 1. The van der Waals surface area contributed by atoms with Gasteiger partial charge in [0.1, 0.15) is 11.4 Å². The van der Waals surface area contributed by atoms with Gasteiger partial charge in [0.25, 0.3) is 0 Å². The van der Waals surface area contributed by atoms with Gasteiger partial charge in [-0.3, -0.25) is 14.8 Å². The first-order valence-corrected chi connectivity index (χ1v) is 7.61. The van der Waals surface area contributed by atoms with E-state index in [1.807, 2.05) is 0 Å². The summed E-state index contributed by atoms with van der Waals surface area (Å²) in [6, 6.07) is 8.33. The minimum absolute atomic E-state index is 0.142. The molecule has 0 saturated heterocycles. The summed E-state index contributed by atoms with van der Waals surface area (Å²) < 4.78 is 38.8. The Morgan fingerprint density at radius 3 is 2.62 bits per heavy atom. The van der Waals surface area contributed by atoms with Crippen molar-refractivity contribution >= 4 is 32.7 Å². The summed E-state index contributed by atoms with van der Waals surface area (Å²) >= 11 is 3.29. The standard InChI is InChI=1S/C16H9BrF3N3O/c17-9-6-13-11(21-8-9)5-4-10(22-13)7-14(24)12-2-1-3-15(23-12)16(18,19)20/h1-6,8H,7H2. The number of rotatable bonds is 3. The average Bonchev–Trinajstić information content (AvgIpc) is 2.54. The number of hydrogen-bond donors (Lipinski definition) is 0. The van der Waals surface area contributed by atoms with Crippen LogP contribution in [-0.2, 0) is 12.6 Å². The summed E-state index contributed by atoms with van der Waals surface area (Å²) in [7, 11) is 0. The average molecular weight is 396 g/mol. The predicted octanol–water partition coefficient (Wildman–Crippen LogP) is 4.23. The van der Waals surface area contributed by atoms with Crippen molar-refractivity contribution in [1.29, 1.82) is 0 Å². The molecule has 3 aromatic rings. The first kappa shape index (κ1) is 16.5. The van der Waals surface area contributed by atoms with Gasteiger partial charge in [0.05, 0.1) is 17.5 Å². The molecule has 3 aromatic heterocycles. The number of ketones is 1. The highest BCUT2D eigenvalue weighted by Crippen LogP contribution is 2.27. The number of fused-ring (bicyclic) bond motifs is 1. The number of nitrogens with zero attached hydrogens (tertiary/aromatic N) is 3. The number of alkyl halides is 3. The number of pyridine rings is 3. The van der Waals surface area contributed by atoms with Gasteiger partial charge in [-0.05, 0) is 46.3 Å². The Morgan fingerprint density at radius 1 is 1.08 bits per heavy atom. The van der Waals surface area contributed by atoms with E-state index in [4.69, 9.17) is 0 Å². The summed E-state index contributed by atoms with van der Waals surface area (Å²) in [6.07, 6.45) is -3.10. The lowest BCUT2D eigenvalue weighted by molar-refractivity contribution is -0.141. The van der Waals surface area contributed by atoms with Crippen LogP contribution in [0, 0.1) is 0 Å². The van der Waals surface area contributed by atoms with Crippen molar-refractivity contribution in [3.05, 3.63) is 64.1 Å². The van der Waals surface area contributed by atoms with E-state index in [0.29, 0.717) is 16.7 Å². The monoisotopic (exact) mass is 395 g/mol. The molecule has 8 heteroatoms. The highest BCUT2D eigenvalue weighted by atomic mass is 79.9. The summed E-state index contributed by atoms with van der Waals surface area (Å²) in [5, 5.41) is 0. The number of hydrogen-bond acceptors (Lipinski definition) is 4. The largest absolute Gasteiger partial charge is 0.433 e. The Hall–Kier alpha value is -2.35. The Bertz CT molecular complexity index is 928. The number of carbonyl (C=O) groups is 1. The van der Waals surface area contributed by atoms with Gasteiger partial charge in [-0.15, -0.1) is 0 Å². The molecule has 0 aliphatic rings. The van der Waals surface area contributed by atoms with Crippen molar-refractivity contribution in [2.45, 2.75) is 12.6 Å². The van der Waals surface area contributed by atoms with Crippen LogP contribution in [0.1, 0.15) is 21.9 Å². The number of aromatic nitrogens is 3. The molecule has 0 saturated carbocycles. The van der Waals surface area contributed by atoms with Gasteiger partial charge in [0, 0.05) is 16.4 Å². The Kier molecular flexibility index (Phi) is 4.31.